The number of nitrogens with zero attached hydrogens (tertiary/aromatic N) is 2. The fourth-order valence-electron chi connectivity index (χ4n) is 3.40. The molecule has 2 aromatic carbocycles. The summed E-state index contributed by atoms with van der Waals surface area (Å²) in [5.41, 5.74) is 2.20. The van der Waals surface area contributed by atoms with Crippen LogP contribution in [-0.4, -0.2) is 53.6 Å². The number of ether oxygens (including phenoxy) is 1. The maximum Gasteiger partial charge on any atom is 0.337 e. The third-order valence-corrected chi connectivity index (χ3v) is 6.56. The number of para-hydroxylation sites is 1. The van der Waals surface area contributed by atoms with Crippen LogP contribution in [0.5, 0.6) is 0 Å². The minimum Gasteiger partial charge on any atom is -0.465 e. The van der Waals surface area contributed by atoms with E-state index in [0.29, 0.717) is 26.8 Å². The summed E-state index contributed by atoms with van der Waals surface area (Å²) in [7, 11) is 2.85. The van der Waals surface area contributed by atoms with Crippen LogP contribution in [0.15, 0.2) is 53.4 Å². The molecule has 4 rings (SSSR count). The van der Waals surface area contributed by atoms with Crippen LogP contribution in [0.25, 0.3) is 5.57 Å². The van der Waals surface area contributed by atoms with Crippen molar-refractivity contribution >= 4 is 68.9 Å². The Kier molecular flexibility index (Phi) is 5.81. The van der Waals surface area contributed by atoms with E-state index in [1.54, 1.807) is 43.4 Å². The van der Waals surface area contributed by atoms with Gasteiger partial charge in [-0.3, -0.25) is 24.2 Å². The normalized spacial score (nSPS) is 17.6. The highest BCUT2D eigenvalue weighted by atomic mass is 32.2. The van der Waals surface area contributed by atoms with Crippen LogP contribution < -0.4 is 10.2 Å². The van der Waals surface area contributed by atoms with Gasteiger partial charge in [0.2, 0.25) is 5.91 Å². The van der Waals surface area contributed by atoms with Gasteiger partial charge in [0.15, 0.2) is 0 Å². The maximum atomic E-state index is 13.3. The van der Waals surface area contributed by atoms with Gasteiger partial charge in [-0.2, -0.15) is 0 Å². The van der Waals surface area contributed by atoms with Crippen LogP contribution in [0.1, 0.15) is 15.9 Å². The molecule has 8 nitrogen and oxygen atoms in total. The van der Waals surface area contributed by atoms with Gasteiger partial charge in [0.05, 0.1) is 28.8 Å². The predicted octanol–water partition coefficient (Wildman–Crippen LogP) is 2.66. The SMILES string of the molecule is COC(=O)c1ccc(NC(=O)CN2C(=O)/C(=C3/SC(=S)N(C)C3=O)c3ccccc32)cc1. The van der Waals surface area contributed by atoms with Crippen molar-refractivity contribution in [2.45, 2.75) is 0 Å². The molecule has 1 N–H and O–H groups in total. The Morgan fingerprint density at radius 2 is 1.75 bits per heavy atom. The number of carbonyl (C=O) groups is 4. The van der Waals surface area contributed by atoms with E-state index in [1.807, 2.05) is 0 Å². The first-order chi connectivity index (χ1) is 15.3. The molecule has 1 fully saturated rings. The molecule has 0 aliphatic carbocycles. The molecule has 0 radical (unpaired) electrons. The van der Waals surface area contributed by atoms with Crippen molar-refractivity contribution in [3.8, 4) is 0 Å². The van der Waals surface area contributed by atoms with Crippen LogP contribution in [0.2, 0.25) is 0 Å². The van der Waals surface area contributed by atoms with E-state index >= 15 is 0 Å². The van der Waals surface area contributed by atoms with Crippen molar-refractivity contribution in [2.75, 3.05) is 30.9 Å². The highest BCUT2D eigenvalue weighted by Crippen LogP contribution is 2.44. The quantitative estimate of drug-likeness (QED) is 0.420. The topological polar surface area (TPSA) is 96.0 Å². The van der Waals surface area contributed by atoms with E-state index in [4.69, 9.17) is 12.2 Å². The summed E-state index contributed by atoms with van der Waals surface area (Å²) < 4.78 is 5.02. The third-order valence-electron chi connectivity index (χ3n) is 5.00. The average Bonchev–Trinajstić information content (AvgIpc) is 3.21. The van der Waals surface area contributed by atoms with Gasteiger partial charge >= 0.3 is 5.97 Å². The van der Waals surface area contributed by atoms with Crippen molar-refractivity contribution in [2.24, 2.45) is 0 Å². The van der Waals surface area contributed by atoms with E-state index in [9.17, 15) is 19.2 Å². The smallest absolute Gasteiger partial charge is 0.337 e. The zero-order chi connectivity index (χ0) is 23.0. The number of esters is 1. The summed E-state index contributed by atoms with van der Waals surface area (Å²) in [6, 6.07) is 13.2. The van der Waals surface area contributed by atoms with Crippen molar-refractivity contribution in [3.05, 3.63) is 64.6 Å². The fourth-order valence-corrected chi connectivity index (χ4v) is 4.65. The Morgan fingerprint density at radius 1 is 1.06 bits per heavy atom. The molecule has 162 valence electrons. The Bertz CT molecular complexity index is 1210. The van der Waals surface area contributed by atoms with Crippen LogP contribution in [-0.2, 0) is 19.1 Å². The molecule has 2 aliphatic rings. The van der Waals surface area contributed by atoms with Gasteiger partial charge in [-0.25, -0.2) is 4.79 Å². The Balaban J connectivity index is 1.58. The Morgan fingerprint density at radius 3 is 2.38 bits per heavy atom. The summed E-state index contributed by atoms with van der Waals surface area (Å²) in [6.45, 7) is -0.246. The van der Waals surface area contributed by atoms with Gasteiger partial charge in [0, 0.05) is 18.3 Å². The highest BCUT2D eigenvalue weighted by molar-refractivity contribution is 8.26. The maximum absolute atomic E-state index is 13.3. The number of thiocarbonyl (C=S) groups is 1. The van der Waals surface area contributed by atoms with Gasteiger partial charge in [-0.05, 0) is 30.3 Å². The lowest BCUT2D eigenvalue weighted by Gasteiger charge is -2.17. The molecular weight excluding hydrogens is 450 g/mol. The number of nitrogens with one attached hydrogen (secondary N) is 1. The lowest BCUT2D eigenvalue weighted by atomic mass is 10.1. The van der Waals surface area contributed by atoms with E-state index in [-0.39, 0.29) is 22.9 Å². The second-order valence-electron chi connectivity index (χ2n) is 6.96. The number of anilines is 2. The molecule has 0 aromatic heterocycles. The Hall–Kier alpha value is -3.50. The summed E-state index contributed by atoms with van der Waals surface area (Å²) in [4.78, 5) is 53.0. The summed E-state index contributed by atoms with van der Waals surface area (Å²) in [6.07, 6.45) is 0. The monoisotopic (exact) mass is 467 g/mol. The number of benzene rings is 2. The second kappa shape index (κ2) is 8.56. The molecule has 3 amide bonds. The number of amides is 3. The average molecular weight is 468 g/mol. The van der Waals surface area contributed by atoms with Crippen molar-refractivity contribution < 1.29 is 23.9 Å². The largest absolute Gasteiger partial charge is 0.465 e. The number of hydrogen-bond acceptors (Lipinski definition) is 7. The molecule has 0 spiro atoms. The lowest BCUT2D eigenvalue weighted by Crippen LogP contribution is -2.35. The van der Waals surface area contributed by atoms with Crippen LogP contribution in [0.4, 0.5) is 11.4 Å². The molecule has 0 unspecified atom stereocenters. The van der Waals surface area contributed by atoms with E-state index < -0.39 is 17.8 Å². The number of rotatable bonds is 4. The first kappa shape index (κ1) is 21.7. The number of fused-ring (bicyclic) bond motifs is 1. The van der Waals surface area contributed by atoms with Crippen molar-refractivity contribution in [1.82, 2.24) is 4.90 Å². The van der Waals surface area contributed by atoms with Crippen LogP contribution >= 0.6 is 24.0 Å². The zero-order valence-electron chi connectivity index (χ0n) is 17.1. The molecule has 1 saturated heterocycles. The predicted molar refractivity (Wildman–Crippen MR) is 125 cm³/mol. The van der Waals surface area contributed by atoms with Gasteiger partial charge in [-0.1, -0.05) is 42.2 Å². The molecular formula is C22H17N3O5S2. The third kappa shape index (κ3) is 3.78. The lowest BCUT2D eigenvalue weighted by molar-refractivity contribution is -0.121. The molecule has 32 heavy (non-hydrogen) atoms. The molecule has 10 heteroatoms. The van der Waals surface area contributed by atoms with Gasteiger partial charge in [0.1, 0.15) is 10.9 Å². The summed E-state index contributed by atoms with van der Waals surface area (Å²) >= 11 is 6.27. The van der Waals surface area contributed by atoms with Gasteiger partial charge in [0.25, 0.3) is 11.8 Å². The van der Waals surface area contributed by atoms with Gasteiger partial charge in [-0.15, -0.1) is 0 Å². The molecule has 2 aromatic rings. The number of thioether (sulfide) groups is 1. The number of hydrogen-bond donors (Lipinski definition) is 1. The number of methoxy groups -OCH3 is 1. The van der Waals surface area contributed by atoms with E-state index in [2.05, 4.69) is 10.1 Å². The molecule has 2 heterocycles. The van der Waals surface area contributed by atoms with Crippen LogP contribution in [0.3, 0.4) is 0 Å². The second-order valence-corrected chi connectivity index (χ2v) is 8.61. The summed E-state index contributed by atoms with van der Waals surface area (Å²) in [5.74, 6) is -1.68. The Labute approximate surface area is 193 Å². The minimum absolute atomic E-state index is 0.246. The minimum atomic E-state index is -0.479. The van der Waals surface area contributed by atoms with Crippen molar-refractivity contribution in [3.63, 3.8) is 0 Å². The standard InChI is InChI=1S/C22H17N3O5S2/c1-24-20(28)18(32-22(24)31)17-14-5-3-4-6-15(14)25(19(17)27)11-16(26)23-13-9-7-12(8-10-13)21(29)30-2/h3-10H,11H2,1-2H3,(H,23,26)/b18-17+. The highest BCUT2D eigenvalue weighted by Gasteiger charge is 2.41. The number of carbonyl (C=O) groups excluding carboxylic acids is 4. The fraction of sp³-hybridized carbons (Fsp3) is 0.136. The number of likely N-dealkylation sites (N-methyl/N-ethyl adjacent to an activating group) is 1. The van der Waals surface area contributed by atoms with E-state index in [1.165, 1.54) is 29.0 Å². The van der Waals surface area contributed by atoms with Gasteiger partial charge < -0.3 is 10.1 Å². The zero-order valence-corrected chi connectivity index (χ0v) is 18.7. The molecule has 0 saturated carbocycles. The molecule has 0 atom stereocenters. The first-order valence-electron chi connectivity index (χ1n) is 9.45. The van der Waals surface area contributed by atoms with Crippen LogP contribution in [0, 0.1) is 0 Å². The molecule has 2 aliphatic heterocycles. The van der Waals surface area contributed by atoms with E-state index in [0.717, 1.165) is 11.8 Å². The molecule has 0 bridgehead atoms. The first-order valence-corrected chi connectivity index (χ1v) is 10.7. The van der Waals surface area contributed by atoms with Crippen molar-refractivity contribution in [1.29, 1.82) is 0 Å². The summed E-state index contributed by atoms with van der Waals surface area (Å²) in [5, 5.41) is 2.71.